The molecule has 39 heavy (non-hydrogen) atoms. The van der Waals surface area contributed by atoms with Gasteiger partial charge in [0.15, 0.2) is 0 Å². The fourth-order valence-corrected chi connectivity index (χ4v) is 5.90. The van der Waals surface area contributed by atoms with E-state index in [9.17, 15) is 4.79 Å². The van der Waals surface area contributed by atoms with Gasteiger partial charge in [-0.3, -0.25) is 4.98 Å². The van der Waals surface area contributed by atoms with E-state index in [4.69, 9.17) is 14.5 Å². The standard InChI is InChI=1S/C28H41BrN6O3Si/c1-28(2,3)38-27(36)34-12-10-20(11-13-34)23-9-7-8-21(33-23)16-30-25-24-22(29)17-35(26(24)32-18-31-25)19-37-14-15-39(4,5)6/h7-9,17-18,20H,10-16,19H2,1-6H3,(H,30,31,32). The van der Waals surface area contributed by atoms with Gasteiger partial charge in [0.1, 0.15) is 30.1 Å². The number of anilines is 1. The molecule has 0 radical (unpaired) electrons. The average molecular weight is 618 g/mol. The van der Waals surface area contributed by atoms with Gasteiger partial charge in [0.2, 0.25) is 0 Å². The van der Waals surface area contributed by atoms with Gasteiger partial charge in [0.05, 0.1) is 17.6 Å². The summed E-state index contributed by atoms with van der Waals surface area (Å²) >= 11 is 3.69. The number of amides is 1. The number of halogens is 1. The van der Waals surface area contributed by atoms with Crippen molar-refractivity contribution in [2.45, 2.75) is 84.1 Å². The van der Waals surface area contributed by atoms with Gasteiger partial charge < -0.3 is 24.3 Å². The Bertz CT molecular complexity index is 1280. The predicted molar refractivity (Wildman–Crippen MR) is 161 cm³/mol. The van der Waals surface area contributed by atoms with Gasteiger partial charge in [-0.15, -0.1) is 0 Å². The Kier molecular flexibility index (Phi) is 9.33. The van der Waals surface area contributed by atoms with Crippen LogP contribution in [0.25, 0.3) is 11.0 Å². The van der Waals surface area contributed by atoms with E-state index in [1.807, 2.05) is 37.6 Å². The smallest absolute Gasteiger partial charge is 0.410 e. The van der Waals surface area contributed by atoms with Gasteiger partial charge in [-0.2, -0.15) is 0 Å². The monoisotopic (exact) mass is 616 g/mol. The van der Waals surface area contributed by atoms with Crippen LogP contribution >= 0.6 is 15.9 Å². The summed E-state index contributed by atoms with van der Waals surface area (Å²) in [5, 5.41) is 4.39. The molecule has 1 aliphatic rings. The lowest BCUT2D eigenvalue weighted by molar-refractivity contribution is 0.0204. The minimum absolute atomic E-state index is 0.235. The topological polar surface area (TPSA) is 94.4 Å². The fourth-order valence-electron chi connectivity index (χ4n) is 4.53. The van der Waals surface area contributed by atoms with E-state index in [0.29, 0.717) is 32.3 Å². The normalized spacial score (nSPS) is 15.1. The second kappa shape index (κ2) is 12.3. The molecule has 0 aliphatic carbocycles. The molecule has 0 saturated carbocycles. The first kappa shape index (κ1) is 29.5. The predicted octanol–water partition coefficient (Wildman–Crippen LogP) is 6.63. The van der Waals surface area contributed by atoms with Crippen LogP contribution < -0.4 is 5.32 Å². The third-order valence-corrected chi connectivity index (χ3v) is 8.97. The average Bonchev–Trinajstić information content (AvgIpc) is 3.20. The van der Waals surface area contributed by atoms with Gasteiger partial charge >= 0.3 is 6.09 Å². The minimum Gasteiger partial charge on any atom is -0.444 e. The zero-order valence-electron chi connectivity index (χ0n) is 24.0. The number of nitrogens with zero attached hydrogens (tertiary/aromatic N) is 5. The van der Waals surface area contributed by atoms with Crippen molar-refractivity contribution in [3.05, 3.63) is 46.6 Å². The van der Waals surface area contributed by atoms with Crippen LogP contribution in [0.5, 0.6) is 0 Å². The summed E-state index contributed by atoms with van der Waals surface area (Å²) in [6, 6.07) is 7.29. The number of piperidine rings is 1. The third kappa shape index (κ3) is 8.25. The maximum atomic E-state index is 12.4. The molecule has 4 rings (SSSR count). The highest BCUT2D eigenvalue weighted by Gasteiger charge is 2.28. The second-order valence-electron chi connectivity index (χ2n) is 12.4. The zero-order chi connectivity index (χ0) is 28.2. The van der Waals surface area contributed by atoms with Gasteiger partial charge in [-0.1, -0.05) is 25.7 Å². The van der Waals surface area contributed by atoms with Crippen molar-refractivity contribution in [3.8, 4) is 0 Å². The van der Waals surface area contributed by atoms with Crippen LogP contribution in [0.4, 0.5) is 10.6 Å². The molecular weight excluding hydrogens is 576 g/mol. The minimum atomic E-state index is -1.13. The largest absolute Gasteiger partial charge is 0.444 e. The molecule has 9 nitrogen and oxygen atoms in total. The highest BCUT2D eigenvalue weighted by molar-refractivity contribution is 9.10. The molecule has 0 unspecified atom stereocenters. The molecule has 1 fully saturated rings. The van der Waals surface area contributed by atoms with Crippen molar-refractivity contribution in [1.29, 1.82) is 0 Å². The summed E-state index contributed by atoms with van der Waals surface area (Å²) < 4.78 is 14.4. The Balaban J connectivity index is 1.37. The molecule has 212 valence electrons. The quantitative estimate of drug-likeness (QED) is 0.213. The SMILES string of the molecule is CC(C)(C)OC(=O)N1CCC(c2cccc(CNc3ncnc4c3c(Br)cn4COCC[Si](C)(C)C)n2)CC1. The van der Waals surface area contributed by atoms with E-state index in [-0.39, 0.29) is 6.09 Å². The van der Waals surface area contributed by atoms with E-state index in [0.717, 1.165) is 58.2 Å². The van der Waals surface area contributed by atoms with Crippen LogP contribution in [0.3, 0.4) is 0 Å². The molecule has 0 atom stereocenters. The molecule has 0 aromatic carbocycles. The lowest BCUT2D eigenvalue weighted by Gasteiger charge is -2.33. The van der Waals surface area contributed by atoms with Crippen LogP contribution in [0.15, 0.2) is 35.2 Å². The van der Waals surface area contributed by atoms with Gasteiger partial charge in [0.25, 0.3) is 0 Å². The highest BCUT2D eigenvalue weighted by Crippen LogP contribution is 2.31. The lowest BCUT2D eigenvalue weighted by Crippen LogP contribution is -2.41. The van der Waals surface area contributed by atoms with E-state index < -0.39 is 13.7 Å². The Hall–Kier alpha value is -2.50. The van der Waals surface area contributed by atoms with E-state index >= 15 is 0 Å². The first-order chi connectivity index (χ1) is 18.4. The summed E-state index contributed by atoms with van der Waals surface area (Å²) in [4.78, 5) is 28.2. The summed E-state index contributed by atoms with van der Waals surface area (Å²) in [5.41, 5.74) is 2.35. The van der Waals surface area contributed by atoms with Crippen LogP contribution in [0, 0.1) is 0 Å². The van der Waals surface area contributed by atoms with Crippen molar-refractivity contribution in [3.63, 3.8) is 0 Å². The van der Waals surface area contributed by atoms with E-state index in [2.05, 4.69) is 63.0 Å². The molecule has 3 aromatic rings. The van der Waals surface area contributed by atoms with Crippen molar-refractivity contribution < 1.29 is 14.3 Å². The fraction of sp³-hybridized carbons (Fsp3) is 0.571. The van der Waals surface area contributed by atoms with Crippen molar-refractivity contribution in [1.82, 2.24) is 24.4 Å². The number of ether oxygens (including phenoxy) is 2. The van der Waals surface area contributed by atoms with Crippen LogP contribution in [0.1, 0.15) is 50.9 Å². The number of rotatable bonds is 9. The Morgan fingerprint density at radius 1 is 1.18 bits per heavy atom. The summed E-state index contributed by atoms with van der Waals surface area (Å²) in [7, 11) is -1.13. The molecule has 1 amide bonds. The van der Waals surface area contributed by atoms with Gasteiger partial charge in [-0.05, 0) is 67.7 Å². The lowest BCUT2D eigenvalue weighted by atomic mass is 9.93. The number of aromatic nitrogens is 4. The molecule has 1 N–H and O–H groups in total. The number of pyridine rings is 1. The number of carbonyl (C=O) groups excluding carboxylic acids is 1. The van der Waals surface area contributed by atoms with E-state index in [1.165, 1.54) is 0 Å². The Morgan fingerprint density at radius 2 is 1.92 bits per heavy atom. The van der Waals surface area contributed by atoms with Gasteiger partial charge in [0, 0.05) is 50.1 Å². The highest BCUT2D eigenvalue weighted by atomic mass is 79.9. The number of likely N-dealkylation sites (tertiary alicyclic amines) is 1. The Morgan fingerprint density at radius 3 is 2.62 bits per heavy atom. The molecular formula is C28H41BrN6O3Si. The summed E-state index contributed by atoms with van der Waals surface area (Å²) in [5.74, 6) is 1.07. The summed E-state index contributed by atoms with van der Waals surface area (Å²) in [6.07, 6.45) is 5.09. The first-order valence-corrected chi connectivity index (χ1v) is 18.1. The van der Waals surface area contributed by atoms with Crippen LogP contribution in [-0.2, 0) is 22.7 Å². The maximum Gasteiger partial charge on any atom is 0.410 e. The molecule has 3 aromatic heterocycles. The number of hydrogen-bond donors (Lipinski definition) is 1. The van der Waals surface area contributed by atoms with Crippen LogP contribution in [0.2, 0.25) is 25.7 Å². The van der Waals surface area contributed by atoms with E-state index in [1.54, 1.807) is 11.2 Å². The second-order valence-corrected chi connectivity index (χ2v) is 18.8. The zero-order valence-corrected chi connectivity index (χ0v) is 26.5. The molecule has 1 saturated heterocycles. The molecule has 0 spiro atoms. The van der Waals surface area contributed by atoms with Gasteiger partial charge in [-0.25, -0.2) is 14.8 Å². The molecule has 11 heteroatoms. The Labute approximate surface area is 240 Å². The first-order valence-electron chi connectivity index (χ1n) is 13.6. The molecule has 0 bridgehead atoms. The number of nitrogens with one attached hydrogen (secondary N) is 1. The van der Waals surface area contributed by atoms with Crippen molar-refractivity contribution >= 4 is 46.9 Å². The number of hydrogen-bond acceptors (Lipinski definition) is 7. The third-order valence-electron chi connectivity index (χ3n) is 6.66. The maximum absolute atomic E-state index is 12.4. The van der Waals surface area contributed by atoms with Crippen molar-refractivity contribution in [2.75, 3.05) is 25.0 Å². The van der Waals surface area contributed by atoms with Crippen molar-refractivity contribution in [2.24, 2.45) is 0 Å². The summed E-state index contributed by atoms with van der Waals surface area (Å²) in [6.45, 7) is 15.8. The molecule has 1 aliphatic heterocycles. The molecule has 4 heterocycles. The van der Waals surface area contributed by atoms with Crippen LogP contribution in [-0.4, -0.2) is 63.9 Å². The number of fused-ring (bicyclic) bond motifs is 1. The number of carbonyl (C=O) groups is 1.